The third kappa shape index (κ3) is 3.08. The zero-order valence-corrected chi connectivity index (χ0v) is 12.5. The van der Waals surface area contributed by atoms with Crippen LogP contribution >= 0.6 is 0 Å². The van der Waals surface area contributed by atoms with E-state index in [1.54, 1.807) is 43.5 Å². The Labute approximate surface area is 133 Å². The molecule has 2 aromatic carbocycles. The maximum atomic E-state index is 12.3. The molecular weight excluding hydrogens is 294 g/mol. The van der Waals surface area contributed by atoms with Crippen molar-refractivity contribution in [2.24, 2.45) is 0 Å². The molecule has 0 unspecified atom stereocenters. The van der Waals surface area contributed by atoms with Crippen molar-refractivity contribution in [2.45, 2.75) is 0 Å². The third-order valence-electron chi connectivity index (χ3n) is 3.48. The second-order valence-corrected chi connectivity index (χ2v) is 4.93. The van der Waals surface area contributed by atoms with Gasteiger partial charge in [0.1, 0.15) is 0 Å². The van der Waals surface area contributed by atoms with Crippen LogP contribution in [0.4, 0.5) is 5.69 Å². The van der Waals surface area contributed by atoms with E-state index in [2.05, 4.69) is 5.32 Å². The van der Waals surface area contributed by atoms with Gasteiger partial charge in [-0.25, -0.2) is 0 Å². The summed E-state index contributed by atoms with van der Waals surface area (Å²) in [5, 5.41) is 2.79. The third-order valence-corrected chi connectivity index (χ3v) is 3.48. The van der Waals surface area contributed by atoms with Crippen molar-refractivity contribution >= 4 is 17.5 Å². The smallest absolute Gasteiger partial charge is 0.231 e. The number of benzene rings is 1. The lowest BCUT2D eigenvalue weighted by Crippen LogP contribution is -2.14. The van der Waals surface area contributed by atoms with E-state index in [1.807, 2.05) is 6.07 Å². The van der Waals surface area contributed by atoms with Crippen molar-refractivity contribution in [1.29, 1.82) is 0 Å². The zero-order valence-electron chi connectivity index (χ0n) is 12.5. The van der Waals surface area contributed by atoms with E-state index >= 15 is 0 Å². The molecule has 0 fully saturated rings. The van der Waals surface area contributed by atoms with Gasteiger partial charge in [0.2, 0.25) is 12.2 Å². The van der Waals surface area contributed by atoms with Crippen LogP contribution in [-0.2, 0) is 0 Å². The SMILES string of the molecule is CNc1ccccc(C(=O)/C=C\c2ccc3c(c2)OCO3)c1=O. The topological polar surface area (TPSA) is 64.6 Å². The average molecular weight is 309 g/mol. The lowest BCUT2D eigenvalue weighted by atomic mass is 10.1. The first kappa shape index (κ1) is 14.8. The van der Waals surface area contributed by atoms with Crippen molar-refractivity contribution in [2.75, 3.05) is 19.2 Å². The Morgan fingerprint density at radius 2 is 1.91 bits per heavy atom. The molecule has 0 amide bonds. The summed E-state index contributed by atoms with van der Waals surface area (Å²) in [4.78, 5) is 24.6. The predicted octanol–water partition coefficient (Wildman–Crippen LogP) is 2.71. The molecule has 1 heterocycles. The normalized spacial score (nSPS) is 12.4. The molecule has 0 radical (unpaired) electrons. The Morgan fingerprint density at radius 1 is 1.13 bits per heavy atom. The standard InChI is InChI=1S/C18H15NO4/c1-19-14-5-3-2-4-13(18(14)21)15(20)8-6-12-7-9-16-17(10-12)23-11-22-16/h2-10H,11H2,1H3,(H,19,21)/b8-6-. The van der Waals surface area contributed by atoms with Gasteiger partial charge in [0.05, 0.1) is 11.3 Å². The molecule has 0 saturated carbocycles. The molecule has 3 rings (SSSR count). The number of hydrogen-bond donors (Lipinski definition) is 1. The minimum atomic E-state index is -0.347. The van der Waals surface area contributed by atoms with Gasteiger partial charge in [-0.1, -0.05) is 24.3 Å². The van der Waals surface area contributed by atoms with E-state index in [1.165, 1.54) is 12.1 Å². The summed E-state index contributed by atoms with van der Waals surface area (Å²) < 4.78 is 10.5. The van der Waals surface area contributed by atoms with E-state index in [0.717, 1.165) is 5.56 Å². The number of hydrogen-bond acceptors (Lipinski definition) is 5. The molecule has 0 saturated heterocycles. The quantitative estimate of drug-likeness (QED) is 0.695. The lowest BCUT2D eigenvalue weighted by Gasteiger charge is -1.98. The summed E-state index contributed by atoms with van der Waals surface area (Å²) in [6.07, 6.45) is 3.03. The van der Waals surface area contributed by atoms with Crippen LogP contribution in [0.1, 0.15) is 15.9 Å². The molecule has 0 atom stereocenters. The first-order chi connectivity index (χ1) is 11.2. The maximum absolute atomic E-state index is 12.3. The Hall–Kier alpha value is -3.08. The molecule has 5 nitrogen and oxygen atoms in total. The molecule has 23 heavy (non-hydrogen) atoms. The number of carbonyl (C=O) groups is 1. The number of rotatable bonds is 4. The highest BCUT2D eigenvalue weighted by Gasteiger charge is 2.13. The van der Waals surface area contributed by atoms with E-state index in [9.17, 15) is 9.59 Å². The summed E-state index contributed by atoms with van der Waals surface area (Å²) >= 11 is 0. The highest BCUT2D eigenvalue weighted by Crippen LogP contribution is 2.32. The fourth-order valence-corrected chi connectivity index (χ4v) is 2.27. The predicted molar refractivity (Wildman–Crippen MR) is 88.2 cm³/mol. The fourth-order valence-electron chi connectivity index (χ4n) is 2.27. The van der Waals surface area contributed by atoms with E-state index in [0.29, 0.717) is 17.2 Å². The number of nitrogens with one attached hydrogen (secondary N) is 1. The molecule has 1 N–H and O–H groups in total. The van der Waals surface area contributed by atoms with Gasteiger partial charge in [-0.3, -0.25) is 9.59 Å². The second kappa shape index (κ2) is 6.36. The lowest BCUT2D eigenvalue weighted by molar-refractivity contribution is 0.104. The number of anilines is 1. The summed E-state index contributed by atoms with van der Waals surface area (Å²) in [6.45, 7) is 0.203. The summed E-state index contributed by atoms with van der Waals surface area (Å²) in [7, 11) is 1.65. The summed E-state index contributed by atoms with van der Waals surface area (Å²) in [5.74, 6) is 0.983. The number of fused-ring (bicyclic) bond motifs is 1. The Bertz CT molecular complexity index is 843. The minimum Gasteiger partial charge on any atom is -0.454 e. The van der Waals surface area contributed by atoms with E-state index in [-0.39, 0.29) is 23.6 Å². The summed E-state index contributed by atoms with van der Waals surface area (Å²) in [5.41, 5.74) is 0.980. The zero-order chi connectivity index (χ0) is 16.2. The van der Waals surface area contributed by atoms with Crippen LogP contribution in [0, 0.1) is 0 Å². The van der Waals surface area contributed by atoms with Crippen LogP contribution in [0.25, 0.3) is 6.08 Å². The largest absolute Gasteiger partial charge is 0.454 e. The molecule has 5 heteroatoms. The first-order valence-corrected chi connectivity index (χ1v) is 7.12. The van der Waals surface area contributed by atoms with Crippen LogP contribution in [-0.4, -0.2) is 19.6 Å². The number of ether oxygens (including phenoxy) is 2. The second-order valence-electron chi connectivity index (χ2n) is 4.93. The molecular formula is C18H15NO4. The van der Waals surface area contributed by atoms with Crippen molar-refractivity contribution in [3.8, 4) is 11.5 Å². The van der Waals surface area contributed by atoms with Crippen molar-refractivity contribution in [3.63, 3.8) is 0 Å². The molecule has 116 valence electrons. The highest BCUT2D eigenvalue weighted by molar-refractivity contribution is 6.07. The van der Waals surface area contributed by atoms with Gasteiger partial charge in [-0.05, 0) is 35.9 Å². The first-order valence-electron chi connectivity index (χ1n) is 7.12. The van der Waals surface area contributed by atoms with Crippen molar-refractivity contribution in [1.82, 2.24) is 0 Å². The molecule has 0 spiro atoms. The Kier molecular flexibility index (Phi) is 4.10. The van der Waals surface area contributed by atoms with Gasteiger partial charge < -0.3 is 14.8 Å². The van der Waals surface area contributed by atoms with E-state index < -0.39 is 0 Å². The molecule has 1 aliphatic rings. The van der Waals surface area contributed by atoms with E-state index in [4.69, 9.17) is 9.47 Å². The summed E-state index contributed by atoms with van der Waals surface area (Å²) in [6, 6.07) is 11.9. The van der Waals surface area contributed by atoms with Gasteiger partial charge in [0.25, 0.3) is 0 Å². The molecule has 2 aromatic rings. The van der Waals surface area contributed by atoms with Crippen LogP contribution in [0.5, 0.6) is 11.5 Å². The number of allylic oxidation sites excluding steroid dienone is 1. The molecule has 0 aliphatic carbocycles. The van der Waals surface area contributed by atoms with Gasteiger partial charge in [-0.2, -0.15) is 0 Å². The average Bonchev–Trinajstić information content (AvgIpc) is 2.95. The fraction of sp³-hybridized carbons (Fsp3) is 0.111. The molecule has 0 bridgehead atoms. The van der Waals surface area contributed by atoms with Crippen LogP contribution in [0.15, 0.2) is 53.3 Å². The maximum Gasteiger partial charge on any atom is 0.231 e. The monoisotopic (exact) mass is 309 g/mol. The van der Waals surface area contributed by atoms with Crippen LogP contribution < -0.4 is 20.2 Å². The minimum absolute atomic E-state index is 0.122. The van der Waals surface area contributed by atoms with Crippen molar-refractivity contribution in [3.05, 3.63) is 69.9 Å². The Morgan fingerprint density at radius 3 is 2.74 bits per heavy atom. The Balaban J connectivity index is 1.88. The van der Waals surface area contributed by atoms with Crippen molar-refractivity contribution < 1.29 is 14.3 Å². The number of carbonyl (C=O) groups excluding carboxylic acids is 1. The van der Waals surface area contributed by atoms with Gasteiger partial charge in [-0.15, -0.1) is 0 Å². The van der Waals surface area contributed by atoms with Crippen LogP contribution in [0.2, 0.25) is 0 Å². The highest BCUT2D eigenvalue weighted by atomic mass is 16.7. The van der Waals surface area contributed by atoms with Gasteiger partial charge in [0, 0.05) is 7.05 Å². The molecule has 1 aliphatic heterocycles. The van der Waals surface area contributed by atoms with Gasteiger partial charge >= 0.3 is 0 Å². The molecule has 0 aromatic heterocycles. The van der Waals surface area contributed by atoms with Gasteiger partial charge in [0.15, 0.2) is 17.3 Å². The number of ketones is 1. The van der Waals surface area contributed by atoms with Crippen LogP contribution in [0.3, 0.4) is 0 Å².